The molecule has 2 aliphatic rings. The molecular formula is C22H32S. The average Bonchev–Trinajstić information content (AvgIpc) is 2.62. The van der Waals surface area contributed by atoms with Crippen LogP contribution in [0.4, 0.5) is 0 Å². The first-order chi connectivity index (χ1) is 11.3. The van der Waals surface area contributed by atoms with Crippen molar-refractivity contribution in [2.75, 3.05) is 0 Å². The summed E-state index contributed by atoms with van der Waals surface area (Å²) in [6.07, 6.45) is 17.0. The van der Waals surface area contributed by atoms with Crippen LogP contribution in [0.15, 0.2) is 46.2 Å². The Bertz CT molecular complexity index is 482. The Morgan fingerprint density at radius 3 is 2.39 bits per heavy atom. The van der Waals surface area contributed by atoms with Crippen molar-refractivity contribution in [3.8, 4) is 0 Å². The van der Waals surface area contributed by atoms with E-state index >= 15 is 0 Å². The van der Waals surface area contributed by atoms with E-state index in [1.807, 2.05) is 11.8 Å². The summed E-state index contributed by atoms with van der Waals surface area (Å²) in [5.41, 5.74) is 0. The van der Waals surface area contributed by atoms with Crippen molar-refractivity contribution >= 4 is 11.8 Å². The summed E-state index contributed by atoms with van der Waals surface area (Å²) in [6, 6.07) is 10.9. The smallest absolute Gasteiger partial charge is 0.0118 e. The fourth-order valence-corrected chi connectivity index (χ4v) is 5.43. The topological polar surface area (TPSA) is 0 Å². The van der Waals surface area contributed by atoms with E-state index in [2.05, 4.69) is 43.3 Å². The van der Waals surface area contributed by atoms with Crippen LogP contribution in [0.1, 0.15) is 71.1 Å². The summed E-state index contributed by atoms with van der Waals surface area (Å²) < 4.78 is 0. The lowest BCUT2D eigenvalue weighted by molar-refractivity contribution is 0.186. The molecule has 0 aliphatic heterocycles. The Labute approximate surface area is 147 Å². The van der Waals surface area contributed by atoms with Gasteiger partial charge in [0.1, 0.15) is 0 Å². The number of hydrogen-bond donors (Lipinski definition) is 0. The maximum Gasteiger partial charge on any atom is 0.0118 e. The molecule has 0 heterocycles. The van der Waals surface area contributed by atoms with Crippen molar-refractivity contribution in [2.24, 2.45) is 17.8 Å². The number of benzene rings is 1. The molecule has 1 unspecified atom stereocenters. The number of rotatable bonds is 6. The van der Waals surface area contributed by atoms with Crippen LogP contribution in [0.5, 0.6) is 0 Å². The molecular weight excluding hydrogens is 296 g/mol. The molecule has 23 heavy (non-hydrogen) atoms. The second kappa shape index (κ2) is 8.97. The van der Waals surface area contributed by atoms with Gasteiger partial charge in [-0.15, -0.1) is 0 Å². The molecule has 0 N–H and O–H groups in total. The molecule has 0 nitrogen and oxygen atoms in total. The first-order valence-corrected chi connectivity index (χ1v) is 10.6. The predicted molar refractivity (Wildman–Crippen MR) is 103 cm³/mol. The molecule has 2 aliphatic carbocycles. The van der Waals surface area contributed by atoms with Gasteiger partial charge in [0.2, 0.25) is 0 Å². The van der Waals surface area contributed by atoms with Gasteiger partial charge in [0.25, 0.3) is 0 Å². The number of unbranched alkanes of at least 4 members (excludes halogenated alkanes) is 1. The van der Waals surface area contributed by atoms with Crippen LogP contribution in [0.25, 0.3) is 0 Å². The third-order valence-corrected chi connectivity index (χ3v) is 7.07. The van der Waals surface area contributed by atoms with E-state index in [0.29, 0.717) is 0 Å². The number of allylic oxidation sites excluding steroid dienone is 2. The van der Waals surface area contributed by atoms with Crippen molar-refractivity contribution < 1.29 is 0 Å². The largest absolute Gasteiger partial charge is 0.0949 e. The molecule has 0 saturated heterocycles. The first-order valence-electron chi connectivity index (χ1n) is 9.77. The monoisotopic (exact) mass is 328 g/mol. The quantitative estimate of drug-likeness (QED) is 0.522. The summed E-state index contributed by atoms with van der Waals surface area (Å²) in [6.45, 7) is 2.32. The third kappa shape index (κ3) is 5.14. The molecule has 126 valence electrons. The highest BCUT2D eigenvalue weighted by atomic mass is 32.2. The highest BCUT2D eigenvalue weighted by molar-refractivity contribution is 8.03. The van der Waals surface area contributed by atoms with Gasteiger partial charge in [-0.3, -0.25) is 0 Å². The van der Waals surface area contributed by atoms with E-state index in [4.69, 9.17) is 0 Å². The molecule has 0 aromatic heterocycles. The zero-order chi connectivity index (χ0) is 15.9. The fraction of sp³-hybridized carbons (Fsp3) is 0.636. The maximum absolute atomic E-state index is 2.55. The van der Waals surface area contributed by atoms with Gasteiger partial charge < -0.3 is 0 Å². The zero-order valence-corrected chi connectivity index (χ0v) is 15.5. The highest BCUT2D eigenvalue weighted by Gasteiger charge is 2.28. The van der Waals surface area contributed by atoms with E-state index in [-0.39, 0.29) is 0 Å². The molecule has 0 bridgehead atoms. The van der Waals surface area contributed by atoms with E-state index in [9.17, 15) is 0 Å². The zero-order valence-electron chi connectivity index (χ0n) is 14.7. The minimum Gasteiger partial charge on any atom is -0.0949 e. The van der Waals surface area contributed by atoms with Gasteiger partial charge in [0.05, 0.1) is 0 Å². The number of thioether (sulfide) groups is 1. The average molecular weight is 329 g/mol. The molecule has 1 aromatic carbocycles. The van der Waals surface area contributed by atoms with E-state index in [1.54, 1.807) is 4.91 Å². The van der Waals surface area contributed by atoms with Gasteiger partial charge in [-0.25, -0.2) is 0 Å². The second-order valence-corrected chi connectivity index (χ2v) is 8.74. The molecule has 0 amide bonds. The van der Waals surface area contributed by atoms with Gasteiger partial charge in [0.15, 0.2) is 0 Å². The van der Waals surface area contributed by atoms with Crippen molar-refractivity contribution in [1.82, 2.24) is 0 Å². The normalized spacial score (nSPS) is 28.4. The van der Waals surface area contributed by atoms with Crippen LogP contribution in [-0.4, -0.2) is 0 Å². The fourth-order valence-electron chi connectivity index (χ4n) is 4.43. The lowest BCUT2D eigenvalue weighted by Crippen LogP contribution is -2.23. The lowest BCUT2D eigenvalue weighted by atomic mass is 9.71. The maximum atomic E-state index is 2.55. The van der Waals surface area contributed by atoms with Gasteiger partial charge in [-0.2, -0.15) is 0 Å². The van der Waals surface area contributed by atoms with Crippen LogP contribution >= 0.6 is 11.8 Å². The Morgan fingerprint density at radius 1 is 0.957 bits per heavy atom. The Balaban J connectivity index is 1.44. The van der Waals surface area contributed by atoms with E-state index < -0.39 is 0 Å². The molecule has 1 atom stereocenters. The standard InChI is InChI=1S/C22H32S/c1-2-3-7-18-10-12-19(13-11-18)20-14-16-22(17-15-20)23-21-8-5-4-6-9-21/h4-6,8-9,16,18-20H,2-3,7,10-15,17H2,1H3. The summed E-state index contributed by atoms with van der Waals surface area (Å²) in [7, 11) is 0. The Morgan fingerprint density at radius 2 is 1.74 bits per heavy atom. The minimum atomic E-state index is 0.974. The highest BCUT2D eigenvalue weighted by Crippen LogP contribution is 2.43. The van der Waals surface area contributed by atoms with Crippen molar-refractivity contribution in [3.05, 3.63) is 41.3 Å². The van der Waals surface area contributed by atoms with Gasteiger partial charge in [-0.1, -0.05) is 75.1 Å². The first kappa shape index (κ1) is 17.1. The predicted octanol–water partition coefficient (Wildman–Crippen LogP) is 7.46. The van der Waals surface area contributed by atoms with Crippen molar-refractivity contribution in [3.63, 3.8) is 0 Å². The van der Waals surface area contributed by atoms with Gasteiger partial charge >= 0.3 is 0 Å². The molecule has 1 saturated carbocycles. The van der Waals surface area contributed by atoms with Gasteiger partial charge in [0, 0.05) is 4.90 Å². The van der Waals surface area contributed by atoms with Crippen LogP contribution in [0.3, 0.4) is 0 Å². The molecule has 3 rings (SSSR count). The molecule has 1 heteroatoms. The van der Waals surface area contributed by atoms with Crippen LogP contribution in [-0.2, 0) is 0 Å². The van der Waals surface area contributed by atoms with Crippen LogP contribution in [0.2, 0.25) is 0 Å². The lowest BCUT2D eigenvalue weighted by Gasteiger charge is -2.35. The molecule has 0 radical (unpaired) electrons. The Kier molecular flexibility index (Phi) is 6.68. The third-order valence-electron chi connectivity index (χ3n) is 5.93. The van der Waals surface area contributed by atoms with Crippen molar-refractivity contribution in [1.29, 1.82) is 0 Å². The molecule has 0 spiro atoms. The van der Waals surface area contributed by atoms with E-state index in [0.717, 1.165) is 17.8 Å². The molecule has 1 fully saturated rings. The Hall–Kier alpha value is -0.690. The summed E-state index contributed by atoms with van der Waals surface area (Å²) >= 11 is 1.98. The van der Waals surface area contributed by atoms with Gasteiger partial charge in [-0.05, 0) is 66.9 Å². The summed E-state index contributed by atoms with van der Waals surface area (Å²) in [5.74, 6) is 3.05. The minimum absolute atomic E-state index is 0.974. The molecule has 1 aromatic rings. The second-order valence-electron chi connectivity index (χ2n) is 7.54. The summed E-state index contributed by atoms with van der Waals surface area (Å²) in [5, 5.41) is 0. The SMILES string of the molecule is CCCCC1CCC(C2CC=C(Sc3ccccc3)CC2)CC1. The van der Waals surface area contributed by atoms with Crippen molar-refractivity contribution in [2.45, 2.75) is 76.0 Å². The summed E-state index contributed by atoms with van der Waals surface area (Å²) in [4.78, 5) is 3.00. The number of hydrogen-bond acceptors (Lipinski definition) is 1. The van der Waals surface area contributed by atoms with E-state index in [1.165, 1.54) is 69.1 Å². The van der Waals surface area contributed by atoms with Crippen LogP contribution in [0, 0.1) is 17.8 Å². The van der Waals surface area contributed by atoms with Crippen LogP contribution < -0.4 is 0 Å².